The first-order valence-electron chi connectivity index (χ1n) is 14.0. The summed E-state index contributed by atoms with van der Waals surface area (Å²) in [6, 6.07) is 49.7. The van der Waals surface area contributed by atoms with Crippen LogP contribution in [0.3, 0.4) is 0 Å². The van der Waals surface area contributed by atoms with Crippen molar-refractivity contribution in [3.05, 3.63) is 146 Å². The van der Waals surface area contributed by atoms with Crippen LogP contribution in [-0.4, -0.2) is 19.9 Å². The molecule has 4 aromatic heterocycles. The van der Waals surface area contributed by atoms with Crippen molar-refractivity contribution in [2.24, 2.45) is 0 Å². The summed E-state index contributed by atoms with van der Waals surface area (Å²) in [5.41, 5.74) is 10.4. The van der Waals surface area contributed by atoms with Gasteiger partial charge in [0, 0.05) is 32.8 Å². The predicted octanol–water partition coefficient (Wildman–Crippen LogP) is 9.39. The molecule has 0 aliphatic carbocycles. The highest BCUT2D eigenvalue weighted by Crippen LogP contribution is 2.31. The average Bonchev–Trinajstić information content (AvgIpc) is 3.08. The zero-order valence-electron chi connectivity index (χ0n) is 22.6. The summed E-state index contributed by atoms with van der Waals surface area (Å²) in [5.74, 6) is 0. The molecule has 0 saturated heterocycles. The maximum absolute atomic E-state index is 5.14. The first-order chi connectivity index (χ1) is 20.8. The molecule has 0 spiro atoms. The summed E-state index contributed by atoms with van der Waals surface area (Å²) >= 11 is 0. The lowest BCUT2D eigenvalue weighted by atomic mass is 10.0. The van der Waals surface area contributed by atoms with Crippen LogP contribution in [0.4, 0.5) is 0 Å². The largest absolute Gasteiger partial charge is 0.246 e. The Morgan fingerprint density at radius 1 is 0.286 bits per heavy atom. The number of fused-ring (bicyclic) bond motifs is 4. The number of rotatable bonds is 4. The van der Waals surface area contributed by atoms with E-state index in [9.17, 15) is 0 Å². The molecule has 0 radical (unpaired) electrons. The van der Waals surface area contributed by atoms with Gasteiger partial charge in [0.2, 0.25) is 0 Å². The first-order valence-corrected chi connectivity index (χ1v) is 14.0. The maximum atomic E-state index is 5.14. The molecule has 8 rings (SSSR count). The van der Waals surface area contributed by atoms with Gasteiger partial charge in [-0.05, 0) is 42.5 Å². The molecule has 0 unspecified atom stereocenters. The van der Waals surface area contributed by atoms with E-state index in [1.165, 1.54) is 0 Å². The van der Waals surface area contributed by atoms with Crippen molar-refractivity contribution in [1.29, 1.82) is 0 Å². The Hall–Kier alpha value is -5.74. The standard InChI is InChI=1S/C38H24N4/c1-2-8-25(9-3-1)33-21-19-27-16-17-28-20-22-34(42-38(28)37(27)41-33)30-12-6-11-29(24-30)32-14-7-15-35(40-32)36-23-18-26-10-4-5-13-31(26)39-36/h1-24H. The van der Waals surface area contributed by atoms with E-state index in [0.29, 0.717) is 0 Å². The molecule has 4 aromatic carbocycles. The fourth-order valence-corrected chi connectivity index (χ4v) is 5.48. The molecule has 4 nitrogen and oxygen atoms in total. The smallest absolute Gasteiger partial charge is 0.0972 e. The van der Waals surface area contributed by atoms with Gasteiger partial charge in [0.1, 0.15) is 0 Å². The maximum Gasteiger partial charge on any atom is 0.0972 e. The summed E-state index contributed by atoms with van der Waals surface area (Å²) in [5, 5.41) is 3.26. The summed E-state index contributed by atoms with van der Waals surface area (Å²) in [6.45, 7) is 0. The number of para-hydroxylation sites is 1. The second-order valence-electron chi connectivity index (χ2n) is 10.3. The van der Waals surface area contributed by atoms with E-state index in [4.69, 9.17) is 19.9 Å². The van der Waals surface area contributed by atoms with E-state index < -0.39 is 0 Å². The Labute approximate surface area is 243 Å². The van der Waals surface area contributed by atoms with Crippen molar-refractivity contribution in [1.82, 2.24) is 19.9 Å². The summed E-state index contributed by atoms with van der Waals surface area (Å²) in [6.07, 6.45) is 0. The van der Waals surface area contributed by atoms with Crippen LogP contribution in [0.15, 0.2) is 146 Å². The van der Waals surface area contributed by atoms with Crippen molar-refractivity contribution >= 4 is 32.7 Å². The molecule has 0 amide bonds. The third-order valence-electron chi connectivity index (χ3n) is 7.65. The third-order valence-corrected chi connectivity index (χ3v) is 7.65. The van der Waals surface area contributed by atoms with Crippen molar-refractivity contribution in [2.45, 2.75) is 0 Å². The number of nitrogens with zero attached hydrogens (tertiary/aromatic N) is 4. The highest BCUT2D eigenvalue weighted by Gasteiger charge is 2.11. The molecule has 4 heterocycles. The van der Waals surface area contributed by atoms with Crippen LogP contribution in [0.25, 0.3) is 77.9 Å². The SMILES string of the molecule is c1ccc(-c2ccc3ccc4ccc(-c5cccc(-c6cccc(-c7ccc8ccccc8n7)n6)c5)nc4c3n2)cc1. The Morgan fingerprint density at radius 2 is 0.786 bits per heavy atom. The van der Waals surface area contributed by atoms with Gasteiger partial charge in [0.15, 0.2) is 0 Å². The molecule has 4 heteroatoms. The molecule has 0 fully saturated rings. The monoisotopic (exact) mass is 536 g/mol. The molecule has 0 saturated carbocycles. The average molecular weight is 537 g/mol. The number of benzene rings is 4. The second-order valence-corrected chi connectivity index (χ2v) is 10.3. The highest BCUT2D eigenvalue weighted by molar-refractivity contribution is 6.04. The highest BCUT2D eigenvalue weighted by atomic mass is 14.8. The molecule has 196 valence electrons. The van der Waals surface area contributed by atoms with Gasteiger partial charge in [0.05, 0.1) is 45.0 Å². The van der Waals surface area contributed by atoms with Crippen molar-refractivity contribution < 1.29 is 0 Å². The first kappa shape index (κ1) is 24.1. The van der Waals surface area contributed by atoms with Crippen LogP contribution in [0.1, 0.15) is 0 Å². The number of aromatic nitrogens is 4. The zero-order valence-corrected chi connectivity index (χ0v) is 22.6. The molecule has 0 atom stereocenters. The minimum atomic E-state index is 0.847. The van der Waals surface area contributed by atoms with Gasteiger partial charge in [0.25, 0.3) is 0 Å². The van der Waals surface area contributed by atoms with Crippen LogP contribution in [0.2, 0.25) is 0 Å². The molecule has 0 N–H and O–H groups in total. The van der Waals surface area contributed by atoms with Crippen LogP contribution in [0, 0.1) is 0 Å². The fraction of sp³-hybridized carbons (Fsp3) is 0. The lowest BCUT2D eigenvalue weighted by molar-refractivity contribution is 1.27. The molecule has 0 aliphatic heterocycles. The number of hydrogen-bond acceptors (Lipinski definition) is 4. The van der Waals surface area contributed by atoms with Crippen molar-refractivity contribution in [2.75, 3.05) is 0 Å². The van der Waals surface area contributed by atoms with E-state index in [1.807, 2.05) is 60.7 Å². The number of hydrogen-bond donors (Lipinski definition) is 0. The Morgan fingerprint density at radius 3 is 1.55 bits per heavy atom. The van der Waals surface area contributed by atoms with Crippen molar-refractivity contribution in [3.8, 4) is 45.2 Å². The topological polar surface area (TPSA) is 51.6 Å². The Balaban J connectivity index is 1.19. The van der Waals surface area contributed by atoms with Crippen LogP contribution < -0.4 is 0 Å². The zero-order chi connectivity index (χ0) is 27.9. The molecular formula is C38H24N4. The van der Waals surface area contributed by atoms with E-state index in [0.717, 1.165) is 77.9 Å². The second kappa shape index (κ2) is 10.0. The van der Waals surface area contributed by atoms with Gasteiger partial charge >= 0.3 is 0 Å². The van der Waals surface area contributed by atoms with Crippen molar-refractivity contribution in [3.63, 3.8) is 0 Å². The predicted molar refractivity (Wildman–Crippen MR) is 172 cm³/mol. The van der Waals surface area contributed by atoms with Gasteiger partial charge in [-0.15, -0.1) is 0 Å². The van der Waals surface area contributed by atoms with Gasteiger partial charge in [-0.3, -0.25) is 0 Å². The van der Waals surface area contributed by atoms with Gasteiger partial charge < -0.3 is 0 Å². The summed E-state index contributed by atoms with van der Waals surface area (Å²) < 4.78 is 0. The van der Waals surface area contributed by atoms with E-state index in [-0.39, 0.29) is 0 Å². The van der Waals surface area contributed by atoms with Crippen LogP contribution in [0.5, 0.6) is 0 Å². The summed E-state index contributed by atoms with van der Waals surface area (Å²) in [7, 11) is 0. The normalized spacial score (nSPS) is 11.3. The lowest BCUT2D eigenvalue weighted by Gasteiger charge is -2.10. The van der Waals surface area contributed by atoms with Gasteiger partial charge in [-0.25, -0.2) is 19.9 Å². The van der Waals surface area contributed by atoms with Gasteiger partial charge in [-0.1, -0.05) is 103 Å². The van der Waals surface area contributed by atoms with Crippen LogP contribution in [-0.2, 0) is 0 Å². The van der Waals surface area contributed by atoms with E-state index in [1.54, 1.807) is 0 Å². The molecule has 0 aliphatic rings. The Kier molecular flexibility index (Phi) is 5.75. The molecular weight excluding hydrogens is 512 g/mol. The lowest BCUT2D eigenvalue weighted by Crippen LogP contribution is -1.92. The van der Waals surface area contributed by atoms with E-state index in [2.05, 4.69) is 84.9 Å². The quantitative estimate of drug-likeness (QED) is 0.210. The fourth-order valence-electron chi connectivity index (χ4n) is 5.48. The molecule has 8 aromatic rings. The van der Waals surface area contributed by atoms with Gasteiger partial charge in [-0.2, -0.15) is 0 Å². The summed E-state index contributed by atoms with van der Waals surface area (Å²) in [4.78, 5) is 20.0. The number of pyridine rings is 4. The van der Waals surface area contributed by atoms with E-state index >= 15 is 0 Å². The minimum absolute atomic E-state index is 0.847. The Bertz CT molecular complexity index is 2260. The minimum Gasteiger partial charge on any atom is -0.246 e. The molecule has 42 heavy (non-hydrogen) atoms. The third kappa shape index (κ3) is 4.36. The van der Waals surface area contributed by atoms with Crippen LogP contribution >= 0.6 is 0 Å². The molecule has 0 bridgehead atoms.